The number of aliphatic hydroxyl groups is 4. The fraction of sp³-hybridized carbons (Fsp3) is 0.852. The van der Waals surface area contributed by atoms with Crippen molar-refractivity contribution in [1.29, 1.82) is 0 Å². The molecule has 0 aliphatic carbocycles. The van der Waals surface area contributed by atoms with E-state index in [2.05, 4.69) is 72.2 Å². The van der Waals surface area contributed by atoms with Crippen LogP contribution < -0.4 is 0 Å². The number of hydrogen-bond acceptors (Lipinski definition) is 21. The van der Waals surface area contributed by atoms with Crippen LogP contribution in [0.15, 0.2) is 52.6 Å². The standard InChI is InChI=1S/C30H62O21.4C2H4.16CH4/c31-5-1-9-39-13-25(45-11-3-7-33)15-41-17-27(18-42-16-26(46-12-4-8-34)14-40-10-2-6-32)49-28(19-43-21-29(50-37)23-47-35)20-44-22-30(51-38)24-48-36;4*1-2;;;;;;;;;;;;;;;;/h25-38H,1-24H2;4*1-2H2;16*1H4. The molecule has 0 aromatic rings. The van der Waals surface area contributed by atoms with Crippen LogP contribution in [-0.4, -0.2) is 210 Å². The van der Waals surface area contributed by atoms with Crippen molar-refractivity contribution < 1.29 is 104 Å². The van der Waals surface area contributed by atoms with Gasteiger partial charge in [-0.1, -0.05) is 119 Å². The predicted octanol–water partition coefficient (Wildman–Crippen LogP) is 12.2. The monoisotopic (exact) mass is 1130 g/mol. The van der Waals surface area contributed by atoms with Gasteiger partial charge < -0.3 is 63.1 Å². The summed E-state index contributed by atoms with van der Waals surface area (Å²) < 4.78 is 52.1. The van der Waals surface area contributed by atoms with Gasteiger partial charge in [-0.2, -0.15) is 0 Å². The van der Waals surface area contributed by atoms with Gasteiger partial charge in [0, 0.05) is 52.9 Å². The zero-order valence-electron chi connectivity index (χ0n) is 35.0. The van der Waals surface area contributed by atoms with E-state index >= 15 is 0 Å². The lowest BCUT2D eigenvalue weighted by atomic mass is 10.3. The Morgan fingerprint density at radius 1 is 0.253 bits per heavy atom. The Bertz CT molecular complexity index is 698. The van der Waals surface area contributed by atoms with Crippen LogP contribution in [0, 0.1) is 0 Å². The zero-order chi connectivity index (χ0) is 45.6. The van der Waals surface area contributed by atoms with Crippen LogP contribution in [0.25, 0.3) is 0 Å². The van der Waals surface area contributed by atoms with E-state index in [0.717, 1.165) is 0 Å². The van der Waals surface area contributed by atoms with Crippen molar-refractivity contribution in [3.05, 3.63) is 52.6 Å². The second kappa shape index (κ2) is 129. The fourth-order valence-corrected chi connectivity index (χ4v) is 3.91. The minimum Gasteiger partial charge on any atom is -0.396 e. The van der Waals surface area contributed by atoms with Crippen molar-refractivity contribution in [2.45, 2.75) is 181 Å². The summed E-state index contributed by atoms with van der Waals surface area (Å²) in [5.41, 5.74) is 0. The Morgan fingerprint density at radius 3 is 0.667 bits per heavy atom. The molecule has 21 nitrogen and oxygen atoms in total. The summed E-state index contributed by atoms with van der Waals surface area (Å²) in [6.07, 6.45) is -2.84. The lowest BCUT2D eigenvalue weighted by molar-refractivity contribution is -0.334. The number of rotatable bonds is 42. The first-order valence-corrected chi connectivity index (χ1v) is 18.9. The van der Waals surface area contributed by atoms with Crippen LogP contribution >= 0.6 is 0 Å². The van der Waals surface area contributed by atoms with E-state index in [1.165, 1.54) is 0 Å². The van der Waals surface area contributed by atoms with Crippen molar-refractivity contribution in [3.8, 4) is 0 Å². The van der Waals surface area contributed by atoms with Gasteiger partial charge in [0.05, 0.1) is 66.1 Å². The molecular weight excluding hydrogens is 985 g/mol. The third-order valence-corrected chi connectivity index (χ3v) is 6.45. The number of aliphatic hydroxyl groups excluding tert-OH is 4. The molecule has 21 heteroatoms. The molecule has 0 heterocycles. The normalized spacial score (nSPS) is 10.8. The van der Waals surface area contributed by atoms with Gasteiger partial charge in [0.2, 0.25) is 0 Å². The fourth-order valence-electron chi connectivity index (χ4n) is 3.91. The molecular formula is C54H142O21. The molecule has 0 saturated carbocycles. The Balaban J connectivity index is -0.0000000608. The second-order valence-electron chi connectivity index (χ2n) is 11.0. The Kier molecular flexibility index (Phi) is 241. The molecule has 0 saturated heterocycles. The lowest BCUT2D eigenvalue weighted by Gasteiger charge is -2.27. The topological polar surface area (TPSA) is 282 Å². The minimum atomic E-state index is -1.02. The van der Waals surface area contributed by atoms with E-state index in [1.807, 2.05) is 0 Å². The first kappa shape index (κ1) is 140. The maximum absolute atomic E-state index is 9.14. The molecule has 0 aromatic heterocycles. The van der Waals surface area contributed by atoms with Crippen LogP contribution in [0.5, 0.6) is 0 Å². The molecule has 0 aliphatic rings. The molecule has 0 rings (SSSR count). The average Bonchev–Trinajstić information content (AvgIpc) is 3.28. The molecule has 0 aromatic carbocycles. The summed E-state index contributed by atoms with van der Waals surface area (Å²) >= 11 is 0. The third kappa shape index (κ3) is 105. The molecule has 0 amide bonds. The molecule has 0 fully saturated rings. The molecule has 0 aliphatic heterocycles. The van der Waals surface area contributed by atoms with Gasteiger partial charge in [0.1, 0.15) is 49.8 Å². The van der Waals surface area contributed by atoms with Crippen LogP contribution in [-0.2, 0) is 62.2 Å². The highest BCUT2D eigenvalue weighted by atomic mass is 17.1. The van der Waals surface area contributed by atoms with Gasteiger partial charge >= 0.3 is 0 Å². The van der Waals surface area contributed by atoms with Gasteiger partial charge in [-0.25, -0.2) is 19.6 Å². The van der Waals surface area contributed by atoms with Crippen molar-refractivity contribution in [1.82, 2.24) is 0 Å². The highest BCUT2D eigenvalue weighted by Gasteiger charge is 2.23. The van der Waals surface area contributed by atoms with Crippen molar-refractivity contribution in [2.24, 2.45) is 0 Å². The van der Waals surface area contributed by atoms with Crippen LogP contribution in [0.3, 0.4) is 0 Å². The van der Waals surface area contributed by atoms with Gasteiger partial charge in [-0.3, -0.25) is 21.0 Å². The van der Waals surface area contributed by atoms with Gasteiger partial charge in [0.25, 0.3) is 0 Å². The average molecular weight is 1130 g/mol. The first-order valence-electron chi connectivity index (χ1n) is 18.9. The van der Waals surface area contributed by atoms with Crippen molar-refractivity contribution in [2.75, 3.05) is 132 Å². The van der Waals surface area contributed by atoms with Gasteiger partial charge in [-0.15, -0.1) is 52.6 Å². The summed E-state index contributed by atoms with van der Waals surface area (Å²) in [6.45, 7) is 24.1. The Morgan fingerprint density at radius 2 is 0.453 bits per heavy atom. The first-order chi connectivity index (χ1) is 29.0. The summed E-state index contributed by atoms with van der Waals surface area (Å²) in [4.78, 5) is 16.4. The maximum atomic E-state index is 9.14. The predicted molar refractivity (Wildman–Crippen MR) is 325 cm³/mol. The van der Waals surface area contributed by atoms with E-state index in [4.69, 9.17) is 84.1 Å². The smallest absolute Gasteiger partial charge is 0.142 e. The maximum Gasteiger partial charge on any atom is 0.142 e. The Hall–Kier alpha value is -1.88. The van der Waals surface area contributed by atoms with E-state index in [-0.39, 0.29) is 238 Å². The molecule has 8 N–H and O–H groups in total. The molecule has 4 unspecified atom stereocenters. The molecule has 0 bridgehead atoms. The quantitative estimate of drug-likeness (QED) is 0.0122. The minimum absolute atomic E-state index is 0. The highest BCUT2D eigenvalue weighted by molar-refractivity contribution is 4.67. The molecule has 484 valence electrons. The van der Waals surface area contributed by atoms with Crippen molar-refractivity contribution in [3.63, 3.8) is 0 Å². The summed E-state index contributed by atoms with van der Waals surface area (Å²) in [6, 6.07) is 0. The van der Waals surface area contributed by atoms with Crippen LogP contribution in [0.4, 0.5) is 0 Å². The summed E-state index contributed by atoms with van der Waals surface area (Å²) in [7, 11) is 0. The van der Waals surface area contributed by atoms with Gasteiger partial charge in [0.15, 0.2) is 0 Å². The SMILES string of the molecule is C.C.C.C.C.C.C.C.C.C.C.C.C.C.C.C.C=C.C=C.C=C.C=C.OCCCOCC(COCC(COCC(COCCCO)OCCCO)OC(COCC(COO)OO)COCC(COO)OO)OCCCO. The Labute approximate surface area is 468 Å². The number of hydrogen-bond donors (Lipinski definition) is 8. The highest BCUT2D eigenvalue weighted by Crippen LogP contribution is 2.09. The molecule has 75 heavy (non-hydrogen) atoms. The van der Waals surface area contributed by atoms with Crippen molar-refractivity contribution >= 4 is 0 Å². The van der Waals surface area contributed by atoms with E-state index in [9.17, 15) is 0 Å². The van der Waals surface area contributed by atoms with Crippen LogP contribution in [0.2, 0.25) is 0 Å². The lowest BCUT2D eigenvalue weighted by Crippen LogP contribution is -2.39. The second-order valence-corrected chi connectivity index (χ2v) is 11.0. The molecule has 0 radical (unpaired) electrons. The third-order valence-electron chi connectivity index (χ3n) is 6.45. The summed E-state index contributed by atoms with van der Waals surface area (Å²) in [5.74, 6) is 0. The number of ether oxygens (including phenoxy) is 9. The largest absolute Gasteiger partial charge is 0.396 e. The van der Waals surface area contributed by atoms with E-state index in [0.29, 0.717) is 38.9 Å². The molecule has 4 atom stereocenters. The van der Waals surface area contributed by atoms with E-state index in [1.54, 1.807) is 0 Å². The summed E-state index contributed by atoms with van der Waals surface area (Å²) in [5, 5.41) is 71.7. The van der Waals surface area contributed by atoms with Gasteiger partial charge in [-0.05, 0) is 25.7 Å². The zero-order valence-corrected chi connectivity index (χ0v) is 35.0. The molecule has 0 spiro atoms. The van der Waals surface area contributed by atoms with Crippen LogP contribution in [0.1, 0.15) is 145 Å². The van der Waals surface area contributed by atoms with E-state index < -0.39 is 36.6 Å².